The van der Waals surface area contributed by atoms with Crippen LogP contribution >= 0.6 is 0 Å². The Morgan fingerprint density at radius 2 is 2.00 bits per heavy atom. The van der Waals surface area contributed by atoms with Crippen LogP contribution in [0, 0.1) is 5.92 Å². The molecule has 3 rings (SSSR count). The second-order valence-electron chi connectivity index (χ2n) is 5.97. The van der Waals surface area contributed by atoms with Gasteiger partial charge in [-0.1, -0.05) is 13.8 Å². The largest absolute Gasteiger partial charge is 0.394 e. The lowest BCUT2D eigenvalue weighted by Crippen LogP contribution is -2.33. The monoisotopic (exact) mass is 308 g/mol. The number of aliphatic hydroxyl groups is 3. The maximum atomic E-state index is 10.1. The molecule has 120 valence electrons. The van der Waals surface area contributed by atoms with Crippen LogP contribution in [-0.4, -0.2) is 59.8 Å². The van der Waals surface area contributed by atoms with Gasteiger partial charge in [-0.05, 0) is 12.3 Å². The van der Waals surface area contributed by atoms with Gasteiger partial charge in [0.15, 0.2) is 11.9 Å². The molecule has 0 unspecified atom stereocenters. The van der Waals surface area contributed by atoms with Crippen molar-refractivity contribution in [1.82, 2.24) is 19.5 Å². The van der Waals surface area contributed by atoms with Crippen molar-refractivity contribution >= 4 is 11.2 Å². The number of aromatic nitrogens is 4. The molecule has 0 aromatic carbocycles. The molecule has 1 saturated heterocycles. The second-order valence-corrected chi connectivity index (χ2v) is 5.97. The molecule has 1 aliphatic heterocycles. The molecule has 4 atom stereocenters. The molecular formula is C14H20N4O4. The molecule has 1 fully saturated rings. The van der Waals surface area contributed by atoms with Crippen molar-refractivity contribution in [3.63, 3.8) is 0 Å². The number of fused-ring (bicyclic) bond motifs is 1. The van der Waals surface area contributed by atoms with E-state index in [-0.39, 0.29) is 6.61 Å². The van der Waals surface area contributed by atoms with Gasteiger partial charge >= 0.3 is 0 Å². The minimum atomic E-state index is -1.15. The van der Waals surface area contributed by atoms with Gasteiger partial charge in [-0.2, -0.15) is 0 Å². The minimum Gasteiger partial charge on any atom is -0.394 e. The fraction of sp³-hybridized carbons (Fsp3) is 0.643. The molecule has 8 heteroatoms. The molecule has 0 saturated carbocycles. The quantitative estimate of drug-likeness (QED) is 0.706. The van der Waals surface area contributed by atoms with Crippen LogP contribution in [-0.2, 0) is 11.2 Å². The first-order valence-electron chi connectivity index (χ1n) is 7.31. The van der Waals surface area contributed by atoms with Crippen molar-refractivity contribution in [2.24, 2.45) is 5.92 Å². The zero-order chi connectivity index (χ0) is 15.9. The van der Waals surface area contributed by atoms with Gasteiger partial charge < -0.3 is 20.1 Å². The predicted octanol–water partition coefficient (Wildman–Crippen LogP) is -0.364. The third-order valence-corrected chi connectivity index (χ3v) is 3.83. The van der Waals surface area contributed by atoms with Gasteiger partial charge in [-0.25, -0.2) is 15.0 Å². The van der Waals surface area contributed by atoms with E-state index < -0.39 is 24.5 Å². The van der Waals surface area contributed by atoms with Crippen molar-refractivity contribution < 1.29 is 20.1 Å². The maximum Gasteiger partial charge on any atom is 0.165 e. The fourth-order valence-corrected chi connectivity index (χ4v) is 2.73. The van der Waals surface area contributed by atoms with Crippen LogP contribution < -0.4 is 0 Å². The van der Waals surface area contributed by atoms with Crippen LogP contribution in [0.4, 0.5) is 0 Å². The fourth-order valence-electron chi connectivity index (χ4n) is 2.73. The van der Waals surface area contributed by atoms with Crippen molar-refractivity contribution in [3.05, 3.63) is 18.3 Å². The first kappa shape index (κ1) is 15.3. The Balaban J connectivity index is 1.99. The summed E-state index contributed by atoms with van der Waals surface area (Å²) in [6.45, 7) is 3.82. The van der Waals surface area contributed by atoms with Crippen LogP contribution in [0.15, 0.2) is 12.7 Å². The summed E-state index contributed by atoms with van der Waals surface area (Å²) in [5.74, 6) is 0.428. The number of rotatable bonds is 4. The zero-order valence-corrected chi connectivity index (χ0v) is 12.5. The summed E-state index contributed by atoms with van der Waals surface area (Å²) in [5, 5.41) is 29.2. The van der Waals surface area contributed by atoms with Crippen molar-refractivity contribution in [1.29, 1.82) is 0 Å². The average Bonchev–Trinajstić information content (AvgIpc) is 3.02. The topological polar surface area (TPSA) is 114 Å². The van der Waals surface area contributed by atoms with Gasteiger partial charge in [0.05, 0.1) is 18.6 Å². The number of ether oxygens (including phenoxy) is 1. The Kier molecular flexibility index (Phi) is 4.09. The number of hydrogen-bond donors (Lipinski definition) is 3. The second kappa shape index (κ2) is 5.88. The van der Waals surface area contributed by atoms with Gasteiger partial charge in [-0.15, -0.1) is 0 Å². The van der Waals surface area contributed by atoms with Crippen LogP contribution in [0.1, 0.15) is 25.8 Å². The van der Waals surface area contributed by atoms with Gasteiger partial charge in [-0.3, -0.25) is 4.57 Å². The van der Waals surface area contributed by atoms with E-state index in [9.17, 15) is 15.3 Å². The Morgan fingerprint density at radius 1 is 1.23 bits per heavy atom. The van der Waals surface area contributed by atoms with Crippen LogP contribution in [0.25, 0.3) is 11.2 Å². The number of imidazole rings is 1. The molecule has 0 bridgehead atoms. The number of nitrogens with zero attached hydrogens (tertiary/aromatic N) is 4. The SMILES string of the molecule is CC(C)Cc1ncnc2c1ncn2[C@@H]1O[C@H](CO)[C@@H](O)[C@H]1O. The Labute approximate surface area is 127 Å². The molecule has 1 aliphatic rings. The molecule has 2 aromatic heterocycles. The highest BCUT2D eigenvalue weighted by Crippen LogP contribution is 2.31. The van der Waals surface area contributed by atoms with Crippen molar-refractivity contribution in [2.45, 2.75) is 44.8 Å². The smallest absolute Gasteiger partial charge is 0.165 e. The molecule has 3 N–H and O–H groups in total. The normalized spacial score (nSPS) is 28.8. The van der Waals surface area contributed by atoms with Crippen LogP contribution in [0.3, 0.4) is 0 Å². The molecule has 0 amide bonds. The number of aliphatic hydroxyl groups excluding tert-OH is 3. The van der Waals surface area contributed by atoms with Gasteiger partial charge in [0, 0.05) is 0 Å². The Morgan fingerprint density at radius 3 is 2.64 bits per heavy atom. The van der Waals surface area contributed by atoms with E-state index in [4.69, 9.17) is 4.74 Å². The maximum absolute atomic E-state index is 10.1. The highest BCUT2D eigenvalue weighted by atomic mass is 16.6. The summed E-state index contributed by atoms with van der Waals surface area (Å²) in [6.07, 6.45) is -0.217. The summed E-state index contributed by atoms with van der Waals surface area (Å²) in [6, 6.07) is 0. The van der Waals surface area contributed by atoms with E-state index in [1.54, 1.807) is 4.57 Å². The third-order valence-electron chi connectivity index (χ3n) is 3.83. The summed E-state index contributed by atoms with van der Waals surface area (Å²) in [5.41, 5.74) is 2.04. The van der Waals surface area contributed by atoms with E-state index in [1.165, 1.54) is 12.7 Å². The van der Waals surface area contributed by atoms with Gasteiger partial charge in [0.2, 0.25) is 0 Å². The summed E-state index contributed by atoms with van der Waals surface area (Å²) in [7, 11) is 0. The van der Waals surface area contributed by atoms with E-state index in [2.05, 4.69) is 28.8 Å². The Hall–Kier alpha value is -1.61. The van der Waals surface area contributed by atoms with Gasteiger partial charge in [0.1, 0.15) is 30.2 Å². The van der Waals surface area contributed by atoms with Crippen molar-refractivity contribution in [2.75, 3.05) is 6.61 Å². The van der Waals surface area contributed by atoms with E-state index >= 15 is 0 Å². The Bertz CT molecular complexity index is 659. The minimum absolute atomic E-state index is 0.366. The molecular weight excluding hydrogens is 288 g/mol. The lowest BCUT2D eigenvalue weighted by molar-refractivity contribution is -0.0511. The average molecular weight is 308 g/mol. The predicted molar refractivity (Wildman–Crippen MR) is 76.9 cm³/mol. The summed E-state index contributed by atoms with van der Waals surface area (Å²) >= 11 is 0. The van der Waals surface area contributed by atoms with E-state index in [0.29, 0.717) is 17.1 Å². The standard InChI is InChI=1S/C14H20N4O4/c1-7(2)3-8-10-13(16-5-15-8)18(6-17-10)14-12(21)11(20)9(4-19)22-14/h5-7,9,11-12,14,19-21H,3-4H2,1-2H3/t9-,11-,12-,14-/m1/s1. The molecule has 0 spiro atoms. The van der Waals surface area contributed by atoms with Crippen LogP contribution in [0.2, 0.25) is 0 Å². The molecule has 0 radical (unpaired) electrons. The molecule has 0 aliphatic carbocycles. The lowest BCUT2D eigenvalue weighted by Gasteiger charge is -2.16. The zero-order valence-electron chi connectivity index (χ0n) is 12.5. The molecule has 3 heterocycles. The molecule has 22 heavy (non-hydrogen) atoms. The van der Waals surface area contributed by atoms with Crippen LogP contribution in [0.5, 0.6) is 0 Å². The number of hydrogen-bond acceptors (Lipinski definition) is 7. The van der Waals surface area contributed by atoms with E-state index in [0.717, 1.165) is 12.1 Å². The lowest BCUT2D eigenvalue weighted by atomic mass is 10.1. The van der Waals surface area contributed by atoms with E-state index in [1.807, 2.05) is 0 Å². The van der Waals surface area contributed by atoms with Crippen molar-refractivity contribution in [3.8, 4) is 0 Å². The summed E-state index contributed by atoms with van der Waals surface area (Å²) in [4.78, 5) is 12.8. The molecule has 2 aromatic rings. The highest BCUT2D eigenvalue weighted by molar-refractivity contribution is 5.73. The van der Waals surface area contributed by atoms with Gasteiger partial charge in [0.25, 0.3) is 0 Å². The summed E-state index contributed by atoms with van der Waals surface area (Å²) < 4.78 is 7.09. The third kappa shape index (κ3) is 2.48. The molecule has 8 nitrogen and oxygen atoms in total. The first-order valence-corrected chi connectivity index (χ1v) is 7.31. The highest BCUT2D eigenvalue weighted by Gasteiger charge is 2.43. The first-order chi connectivity index (χ1) is 10.5.